The van der Waals surface area contributed by atoms with Gasteiger partial charge in [-0.05, 0) is 24.8 Å². The van der Waals surface area contributed by atoms with Gasteiger partial charge in [-0.3, -0.25) is 9.69 Å². The predicted octanol–water partition coefficient (Wildman–Crippen LogP) is 2.36. The number of aliphatic hydroxyl groups is 1. The molecular formula is C17H21FN2O3. The third-order valence-electron chi connectivity index (χ3n) is 5.12. The van der Waals surface area contributed by atoms with Crippen molar-refractivity contribution in [1.29, 1.82) is 0 Å². The van der Waals surface area contributed by atoms with Crippen molar-refractivity contribution in [3.8, 4) is 0 Å². The van der Waals surface area contributed by atoms with Gasteiger partial charge in [0.1, 0.15) is 11.4 Å². The highest BCUT2D eigenvalue weighted by molar-refractivity contribution is 6.07. The smallest absolute Gasteiger partial charge is 0.325 e. The molecule has 1 saturated carbocycles. The maximum Gasteiger partial charge on any atom is 0.325 e. The van der Waals surface area contributed by atoms with Gasteiger partial charge in [0.05, 0.1) is 12.6 Å². The third-order valence-corrected chi connectivity index (χ3v) is 5.12. The topological polar surface area (TPSA) is 69.6 Å². The molecule has 1 spiro atoms. The zero-order chi connectivity index (χ0) is 16.6. The Kier molecular flexibility index (Phi) is 4.10. The largest absolute Gasteiger partial charge is 0.386 e. The van der Waals surface area contributed by atoms with Crippen LogP contribution in [0.1, 0.15) is 44.3 Å². The average Bonchev–Trinajstić information content (AvgIpc) is 2.76. The third kappa shape index (κ3) is 2.61. The standard InChI is InChI=1S/C17H21FN2O3/c1-11-6-4-5-9-17(11)15(22)20(16(23)19-17)10-14(21)12-7-2-3-8-13(12)18/h2-3,7-8,11,14,21H,4-6,9-10H2,1H3,(H,19,23)/t11-,14-,17+/m1/s1. The molecule has 5 nitrogen and oxygen atoms in total. The molecule has 1 aromatic carbocycles. The summed E-state index contributed by atoms with van der Waals surface area (Å²) >= 11 is 0. The van der Waals surface area contributed by atoms with Gasteiger partial charge in [0.2, 0.25) is 0 Å². The summed E-state index contributed by atoms with van der Waals surface area (Å²) in [4.78, 5) is 26.1. The summed E-state index contributed by atoms with van der Waals surface area (Å²) in [6, 6.07) is 5.34. The lowest BCUT2D eigenvalue weighted by molar-refractivity contribution is -0.135. The first-order chi connectivity index (χ1) is 11.0. The van der Waals surface area contributed by atoms with E-state index in [1.165, 1.54) is 18.2 Å². The quantitative estimate of drug-likeness (QED) is 0.840. The van der Waals surface area contributed by atoms with Crippen LogP contribution < -0.4 is 5.32 Å². The number of hydrogen-bond acceptors (Lipinski definition) is 3. The molecule has 1 aliphatic heterocycles. The number of amides is 3. The Balaban J connectivity index is 1.80. The molecule has 124 valence electrons. The highest BCUT2D eigenvalue weighted by Gasteiger charge is 2.55. The normalized spacial score (nSPS) is 29.0. The number of hydrogen-bond donors (Lipinski definition) is 2. The number of nitrogens with zero attached hydrogens (tertiary/aromatic N) is 1. The lowest BCUT2D eigenvalue weighted by atomic mass is 9.73. The van der Waals surface area contributed by atoms with Crippen molar-refractivity contribution in [2.45, 2.75) is 44.2 Å². The average molecular weight is 320 g/mol. The molecule has 6 heteroatoms. The fraction of sp³-hybridized carbons (Fsp3) is 0.529. The van der Waals surface area contributed by atoms with Crippen molar-refractivity contribution in [3.05, 3.63) is 35.6 Å². The molecule has 2 aliphatic rings. The van der Waals surface area contributed by atoms with E-state index in [-0.39, 0.29) is 23.9 Å². The van der Waals surface area contributed by atoms with Crippen LogP contribution in [0, 0.1) is 11.7 Å². The number of urea groups is 1. The minimum Gasteiger partial charge on any atom is -0.386 e. The second-order valence-corrected chi connectivity index (χ2v) is 6.50. The van der Waals surface area contributed by atoms with Gasteiger partial charge in [0.15, 0.2) is 0 Å². The van der Waals surface area contributed by atoms with Gasteiger partial charge in [0, 0.05) is 5.56 Å². The fourth-order valence-electron chi connectivity index (χ4n) is 3.68. The Hall–Kier alpha value is -1.95. The molecule has 1 aliphatic carbocycles. The number of benzene rings is 1. The summed E-state index contributed by atoms with van der Waals surface area (Å²) in [5.74, 6) is -0.791. The van der Waals surface area contributed by atoms with Gasteiger partial charge < -0.3 is 10.4 Å². The van der Waals surface area contributed by atoms with Crippen LogP contribution in [0.5, 0.6) is 0 Å². The van der Waals surface area contributed by atoms with Gasteiger partial charge in [-0.15, -0.1) is 0 Å². The maximum absolute atomic E-state index is 13.8. The minimum absolute atomic E-state index is 0.0586. The molecule has 0 radical (unpaired) electrons. The Morgan fingerprint density at radius 1 is 1.39 bits per heavy atom. The van der Waals surface area contributed by atoms with Crippen LogP contribution in [-0.4, -0.2) is 34.0 Å². The first kappa shape index (κ1) is 15.9. The highest BCUT2D eigenvalue weighted by Crippen LogP contribution is 2.38. The van der Waals surface area contributed by atoms with E-state index >= 15 is 0 Å². The molecule has 1 aromatic rings. The molecule has 1 saturated heterocycles. The lowest BCUT2D eigenvalue weighted by Crippen LogP contribution is -2.54. The lowest BCUT2D eigenvalue weighted by Gasteiger charge is -2.37. The fourth-order valence-corrected chi connectivity index (χ4v) is 3.68. The summed E-state index contributed by atoms with van der Waals surface area (Å²) in [6.45, 7) is 1.73. The van der Waals surface area contributed by atoms with E-state index in [1.54, 1.807) is 6.07 Å². The van der Waals surface area contributed by atoms with Gasteiger partial charge in [-0.1, -0.05) is 38.0 Å². The van der Waals surface area contributed by atoms with E-state index in [9.17, 15) is 19.1 Å². The van der Waals surface area contributed by atoms with Crippen LogP contribution in [0.3, 0.4) is 0 Å². The Morgan fingerprint density at radius 2 is 2.13 bits per heavy atom. The first-order valence-electron chi connectivity index (χ1n) is 8.02. The summed E-state index contributed by atoms with van der Waals surface area (Å²) in [7, 11) is 0. The molecule has 2 fully saturated rings. The second-order valence-electron chi connectivity index (χ2n) is 6.50. The first-order valence-corrected chi connectivity index (χ1v) is 8.02. The summed E-state index contributed by atoms with van der Waals surface area (Å²) in [5, 5.41) is 13.1. The monoisotopic (exact) mass is 320 g/mol. The van der Waals surface area contributed by atoms with E-state index in [1.807, 2.05) is 6.92 Å². The van der Waals surface area contributed by atoms with Crippen LogP contribution in [-0.2, 0) is 4.79 Å². The Bertz CT molecular complexity index is 636. The zero-order valence-electron chi connectivity index (χ0n) is 13.1. The number of imide groups is 1. The van der Waals surface area contributed by atoms with Crippen LogP contribution in [0.15, 0.2) is 24.3 Å². The number of nitrogens with one attached hydrogen (secondary N) is 1. The number of carbonyl (C=O) groups excluding carboxylic acids is 2. The van der Waals surface area contributed by atoms with Crippen molar-refractivity contribution >= 4 is 11.9 Å². The number of β-amino-alcohol motifs (C(OH)–C–C–N with tert-alkyl or cyclic N) is 1. The summed E-state index contributed by atoms with van der Waals surface area (Å²) < 4.78 is 13.8. The highest BCUT2D eigenvalue weighted by atomic mass is 19.1. The summed E-state index contributed by atoms with van der Waals surface area (Å²) in [5.41, 5.74) is -0.768. The molecule has 3 amide bonds. The van der Waals surface area contributed by atoms with Gasteiger partial charge >= 0.3 is 6.03 Å². The van der Waals surface area contributed by atoms with E-state index in [2.05, 4.69) is 5.32 Å². The Morgan fingerprint density at radius 3 is 2.83 bits per heavy atom. The van der Waals surface area contributed by atoms with Gasteiger partial charge in [-0.25, -0.2) is 9.18 Å². The van der Waals surface area contributed by atoms with Crippen molar-refractivity contribution < 1.29 is 19.1 Å². The number of halogens is 1. The summed E-state index contributed by atoms with van der Waals surface area (Å²) in [6.07, 6.45) is 2.20. The van der Waals surface area contributed by atoms with Gasteiger partial charge in [0.25, 0.3) is 5.91 Å². The molecule has 0 unspecified atom stereocenters. The van der Waals surface area contributed by atoms with E-state index in [4.69, 9.17) is 0 Å². The second kappa shape index (κ2) is 5.92. The number of carbonyl (C=O) groups is 2. The minimum atomic E-state index is -1.24. The van der Waals surface area contributed by atoms with Crippen LogP contribution in [0.2, 0.25) is 0 Å². The molecule has 0 bridgehead atoms. The maximum atomic E-state index is 13.8. The van der Waals surface area contributed by atoms with Crippen LogP contribution in [0.25, 0.3) is 0 Å². The van der Waals surface area contributed by atoms with E-state index in [0.717, 1.165) is 24.2 Å². The molecule has 3 rings (SSSR count). The predicted molar refractivity (Wildman–Crippen MR) is 82.0 cm³/mol. The van der Waals surface area contributed by atoms with Crippen molar-refractivity contribution in [2.75, 3.05) is 6.54 Å². The molecule has 2 N–H and O–H groups in total. The van der Waals surface area contributed by atoms with Gasteiger partial charge in [-0.2, -0.15) is 0 Å². The molecular weight excluding hydrogens is 299 g/mol. The molecule has 23 heavy (non-hydrogen) atoms. The van der Waals surface area contributed by atoms with Crippen molar-refractivity contribution in [2.24, 2.45) is 5.92 Å². The molecule has 0 aromatic heterocycles. The Labute approximate surface area is 134 Å². The van der Waals surface area contributed by atoms with Crippen LogP contribution in [0.4, 0.5) is 9.18 Å². The zero-order valence-corrected chi connectivity index (χ0v) is 13.1. The molecule has 1 heterocycles. The van der Waals surface area contributed by atoms with E-state index in [0.29, 0.717) is 6.42 Å². The van der Waals surface area contributed by atoms with Crippen LogP contribution >= 0.6 is 0 Å². The van der Waals surface area contributed by atoms with E-state index < -0.39 is 23.5 Å². The number of rotatable bonds is 3. The SMILES string of the molecule is C[C@@H]1CCCC[C@]12NC(=O)N(C[C@@H](O)c1ccccc1F)C2=O. The van der Waals surface area contributed by atoms with Crippen molar-refractivity contribution in [1.82, 2.24) is 10.2 Å². The van der Waals surface area contributed by atoms with Crippen molar-refractivity contribution in [3.63, 3.8) is 0 Å². The number of aliphatic hydroxyl groups excluding tert-OH is 1. The molecule has 3 atom stereocenters.